The maximum atomic E-state index is 9.10. The van der Waals surface area contributed by atoms with Crippen LogP contribution in [0, 0.1) is 0 Å². The number of benzene rings is 2. The van der Waals surface area contributed by atoms with Gasteiger partial charge in [0.2, 0.25) is 11.8 Å². The molecule has 36 heavy (non-hydrogen) atoms. The van der Waals surface area contributed by atoms with Crippen LogP contribution >= 0.6 is 11.8 Å². The molecule has 0 bridgehead atoms. The Morgan fingerprint density at radius 1 is 1.08 bits per heavy atom. The van der Waals surface area contributed by atoms with Gasteiger partial charge in [-0.15, -0.1) is 22.0 Å². The van der Waals surface area contributed by atoms with Gasteiger partial charge in [-0.1, -0.05) is 18.2 Å². The van der Waals surface area contributed by atoms with E-state index in [2.05, 4.69) is 59.1 Å². The van der Waals surface area contributed by atoms with E-state index in [9.17, 15) is 0 Å². The molecule has 0 radical (unpaired) electrons. The molecule has 0 saturated carbocycles. The first-order chi connectivity index (χ1) is 17.2. The molecule has 10 nitrogen and oxygen atoms in total. The molecule has 0 aliphatic heterocycles. The summed E-state index contributed by atoms with van der Waals surface area (Å²) in [6, 6.07) is 16.1. The third-order valence-electron chi connectivity index (χ3n) is 4.92. The van der Waals surface area contributed by atoms with Crippen LogP contribution in [0.25, 0.3) is 22.4 Å². The number of thioether (sulfide) groups is 1. The molecule has 190 valence electrons. The molecule has 4 aromatic rings. The highest BCUT2D eigenvalue weighted by Crippen LogP contribution is 2.28. The van der Waals surface area contributed by atoms with Crippen LogP contribution in [0.4, 0.5) is 0 Å². The SMILES string of the molecule is CN(C)Cc1cn(C)c2ccc(-c3nnc(CSCCOc4ccccc4)o3)cc12.O=C(O)C(=O)O. The summed E-state index contributed by atoms with van der Waals surface area (Å²) in [6.07, 6.45) is 2.18. The molecule has 2 heterocycles. The molecule has 2 aromatic carbocycles. The summed E-state index contributed by atoms with van der Waals surface area (Å²) in [5.41, 5.74) is 3.43. The van der Waals surface area contributed by atoms with Crippen molar-refractivity contribution in [3.63, 3.8) is 0 Å². The van der Waals surface area contributed by atoms with E-state index in [0.717, 1.165) is 23.6 Å². The number of nitrogens with zero attached hydrogens (tertiary/aromatic N) is 4. The Labute approximate surface area is 212 Å². The molecule has 0 spiro atoms. The predicted molar refractivity (Wildman–Crippen MR) is 137 cm³/mol. The summed E-state index contributed by atoms with van der Waals surface area (Å²) in [4.78, 5) is 20.4. The second-order valence-corrected chi connectivity index (χ2v) is 9.17. The highest BCUT2D eigenvalue weighted by molar-refractivity contribution is 7.98. The molecule has 4 rings (SSSR count). The third kappa shape index (κ3) is 7.59. The summed E-state index contributed by atoms with van der Waals surface area (Å²) in [6.45, 7) is 1.53. The number of carbonyl (C=O) groups is 2. The van der Waals surface area contributed by atoms with E-state index in [4.69, 9.17) is 29.0 Å². The lowest BCUT2D eigenvalue weighted by Gasteiger charge is -2.08. The second-order valence-electron chi connectivity index (χ2n) is 8.06. The second kappa shape index (κ2) is 12.8. The van der Waals surface area contributed by atoms with E-state index in [0.29, 0.717) is 24.1 Å². The van der Waals surface area contributed by atoms with Crippen LogP contribution in [-0.2, 0) is 28.9 Å². The first kappa shape index (κ1) is 26.8. The number of aryl methyl sites for hydroxylation is 1. The highest BCUT2D eigenvalue weighted by atomic mass is 32.2. The lowest BCUT2D eigenvalue weighted by molar-refractivity contribution is -0.159. The van der Waals surface area contributed by atoms with Crippen LogP contribution in [0.5, 0.6) is 5.75 Å². The number of para-hydroxylation sites is 1. The number of carboxylic acids is 2. The zero-order valence-corrected chi connectivity index (χ0v) is 21.1. The van der Waals surface area contributed by atoms with Gasteiger partial charge in [-0.25, -0.2) is 9.59 Å². The minimum Gasteiger partial charge on any atom is -0.493 e. The zero-order chi connectivity index (χ0) is 26.1. The van der Waals surface area contributed by atoms with Gasteiger partial charge in [0.1, 0.15) is 5.75 Å². The van der Waals surface area contributed by atoms with Gasteiger partial charge in [-0.3, -0.25) is 0 Å². The summed E-state index contributed by atoms with van der Waals surface area (Å²) < 4.78 is 13.8. The van der Waals surface area contributed by atoms with Crippen LogP contribution in [-0.4, -0.2) is 68.3 Å². The molecule has 2 aromatic heterocycles. The van der Waals surface area contributed by atoms with Crippen molar-refractivity contribution in [3.8, 4) is 17.2 Å². The van der Waals surface area contributed by atoms with E-state index in [1.54, 1.807) is 11.8 Å². The number of ether oxygens (including phenoxy) is 1. The van der Waals surface area contributed by atoms with Gasteiger partial charge in [-0.2, -0.15) is 0 Å². The van der Waals surface area contributed by atoms with Crippen molar-refractivity contribution in [3.05, 3.63) is 66.2 Å². The molecule has 0 aliphatic rings. The standard InChI is InChI=1S/C23H26N4O2S.C2H2O4/c1-26(2)14-18-15-27(3)21-10-9-17(13-20(18)21)23-25-24-22(29-23)16-30-12-11-28-19-7-5-4-6-8-19;3-1(4)2(5)6/h4-10,13,15H,11-12,14,16H2,1-3H3;(H,3,4)(H,5,6). The molecule has 0 aliphatic carbocycles. The number of aliphatic carboxylic acids is 2. The normalized spacial score (nSPS) is 10.8. The minimum absolute atomic E-state index is 0.563. The Kier molecular flexibility index (Phi) is 9.48. The largest absolute Gasteiger partial charge is 0.493 e. The van der Waals surface area contributed by atoms with E-state index in [1.165, 1.54) is 16.5 Å². The average Bonchev–Trinajstić information content (AvgIpc) is 3.44. The first-order valence-corrected chi connectivity index (χ1v) is 12.2. The van der Waals surface area contributed by atoms with Crippen molar-refractivity contribution < 1.29 is 29.0 Å². The van der Waals surface area contributed by atoms with Crippen molar-refractivity contribution in [1.82, 2.24) is 19.7 Å². The molecule has 0 saturated heterocycles. The quantitative estimate of drug-likeness (QED) is 0.252. The van der Waals surface area contributed by atoms with Crippen molar-refractivity contribution in [2.45, 2.75) is 12.3 Å². The lowest BCUT2D eigenvalue weighted by Crippen LogP contribution is -2.10. The number of rotatable bonds is 9. The van der Waals surface area contributed by atoms with Crippen LogP contribution in [0.2, 0.25) is 0 Å². The number of fused-ring (bicyclic) bond motifs is 1. The zero-order valence-electron chi connectivity index (χ0n) is 20.2. The van der Waals surface area contributed by atoms with E-state index in [-0.39, 0.29) is 0 Å². The molecule has 11 heteroatoms. The number of aromatic nitrogens is 3. The summed E-state index contributed by atoms with van der Waals surface area (Å²) >= 11 is 1.72. The van der Waals surface area contributed by atoms with Gasteiger partial charge >= 0.3 is 11.9 Å². The van der Waals surface area contributed by atoms with Gasteiger partial charge in [0.25, 0.3) is 0 Å². The van der Waals surface area contributed by atoms with Gasteiger partial charge in [0, 0.05) is 42.0 Å². The Morgan fingerprint density at radius 2 is 1.81 bits per heavy atom. The van der Waals surface area contributed by atoms with Crippen molar-refractivity contribution in [2.24, 2.45) is 7.05 Å². The highest BCUT2D eigenvalue weighted by Gasteiger charge is 2.13. The fraction of sp³-hybridized carbons (Fsp3) is 0.280. The maximum Gasteiger partial charge on any atom is 0.414 e. The third-order valence-corrected chi connectivity index (χ3v) is 5.83. The van der Waals surface area contributed by atoms with Crippen molar-refractivity contribution in [2.75, 3.05) is 26.5 Å². The molecule has 0 fully saturated rings. The Morgan fingerprint density at radius 3 is 2.47 bits per heavy atom. The van der Waals surface area contributed by atoms with E-state index in [1.807, 2.05) is 36.4 Å². The summed E-state index contributed by atoms with van der Waals surface area (Å²) in [5, 5.41) is 24.5. The Bertz CT molecular complexity index is 1290. The van der Waals surface area contributed by atoms with E-state index < -0.39 is 11.9 Å². The monoisotopic (exact) mass is 512 g/mol. The number of hydrogen-bond donors (Lipinski definition) is 2. The van der Waals surface area contributed by atoms with Gasteiger partial charge in [-0.05, 0) is 50.0 Å². The van der Waals surface area contributed by atoms with Crippen LogP contribution in [0.3, 0.4) is 0 Å². The minimum atomic E-state index is -1.82. The molecule has 0 unspecified atom stereocenters. The fourth-order valence-electron chi connectivity index (χ4n) is 3.40. The van der Waals surface area contributed by atoms with E-state index >= 15 is 0 Å². The molecule has 2 N–H and O–H groups in total. The number of carboxylic acid groups (broad SMARTS) is 2. The number of hydrogen-bond acceptors (Lipinski definition) is 8. The topological polar surface area (TPSA) is 131 Å². The van der Waals surface area contributed by atoms with Gasteiger partial charge in [0.05, 0.1) is 12.4 Å². The van der Waals surface area contributed by atoms with Crippen molar-refractivity contribution in [1.29, 1.82) is 0 Å². The van der Waals surface area contributed by atoms with Crippen LogP contribution < -0.4 is 4.74 Å². The van der Waals surface area contributed by atoms with Gasteiger partial charge in [0.15, 0.2) is 0 Å². The maximum absolute atomic E-state index is 9.10. The summed E-state index contributed by atoms with van der Waals surface area (Å²) in [7, 11) is 6.23. The Hall–Kier alpha value is -3.83. The molecular formula is C25H28N4O6S. The predicted octanol–water partition coefficient (Wildman–Crippen LogP) is 3.76. The molecule has 0 atom stereocenters. The molecule has 0 amide bonds. The molecular weight excluding hydrogens is 484 g/mol. The van der Waals surface area contributed by atoms with Crippen LogP contribution in [0.15, 0.2) is 59.1 Å². The van der Waals surface area contributed by atoms with Gasteiger partial charge < -0.3 is 28.8 Å². The van der Waals surface area contributed by atoms with Crippen molar-refractivity contribution >= 4 is 34.6 Å². The lowest BCUT2D eigenvalue weighted by atomic mass is 10.1. The summed E-state index contributed by atoms with van der Waals surface area (Å²) in [5.74, 6) is -0.0293. The first-order valence-electron chi connectivity index (χ1n) is 11.0. The fourth-order valence-corrected chi connectivity index (χ4v) is 4.03. The Balaban J connectivity index is 0.000000538. The van der Waals surface area contributed by atoms with Crippen LogP contribution in [0.1, 0.15) is 11.5 Å². The smallest absolute Gasteiger partial charge is 0.414 e. The average molecular weight is 513 g/mol.